The van der Waals surface area contributed by atoms with Gasteiger partial charge in [0.2, 0.25) is 5.78 Å². The maximum absolute atomic E-state index is 12.9. The third-order valence-electron chi connectivity index (χ3n) is 5.67. The minimum Gasteiger partial charge on any atom is -0.496 e. The number of fused-ring (bicyclic) bond motifs is 2. The predicted octanol–water partition coefficient (Wildman–Crippen LogP) is 5.87. The number of carbonyl (C=O) groups excluding carboxylic acids is 1. The SMILES string of the molecule is CCn1cc(C=C2Oc3cc(OCc4ccccc4OC)ccc3C2=O)c2ccccc21. The van der Waals surface area contributed by atoms with Crippen molar-refractivity contribution in [2.75, 3.05) is 7.11 Å². The van der Waals surface area contributed by atoms with E-state index >= 15 is 0 Å². The summed E-state index contributed by atoms with van der Waals surface area (Å²) in [6.45, 7) is 3.31. The summed E-state index contributed by atoms with van der Waals surface area (Å²) in [6, 6.07) is 21.2. The van der Waals surface area contributed by atoms with Gasteiger partial charge in [0.25, 0.3) is 0 Å². The molecule has 0 spiro atoms. The van der Waals surface area contributed by atoms with E-state index in [9.17, 15) is 4.79 Å². The van der Waals surface area contributed by atoms with Gasteiger partial charge in [-0.2, -0.15) is 0 Å². The van der Waals surface area contributed by atoms with Crippen LogP contribution in [0.5, 0.6) is 17.2 Å². The Morgan fingerprint density at radius 1 is 1.03 bits per heavy atom. The highest BCUT2D eigenvalue weighted by atomic mass is 16.5. The average molecular weight is 425 g/mol. The summed E-state index contributed by atoms with van der Waals surface area (Å²) in [4.78, 5) is 12.9. The number of benzene rings is 3. The predicted molar refractivity (Wildman–Crippen MR) is 124 cm³/mol. The van der Waals surface area contributed by atoms with E-state index in [0.717, 1.165) is 34.3 Å². The largest absolute Gasteiger partial charge is 0.496 e. The van der Waals surface area contributed by atoms with E-state index in [4.69, 9.17) is 14.2 Å². The average Bonchev–Trinajstić information content (AvgIpc) is 3.35. The topological polar surface area (TPSA) is 49.7 Å². The first-order chi connectivity index (χ1) is 15.7. The molecule has 4 aromatic rings. The summed E-state index contributed by atoms with van der Waals surface area (Å²) in [5.41, 5.74) is 3.59. The second-order valence-corrected chi connectivity index (χ2v) is 7.59. The second-order valence-electron chi connectivity index (χ2n) is 7.59. The van der Waals surface area contributed by atoms with Crippen molar-refractivity contribution in [2.45, 2.75) is 20.1 Å². The highest BCUT2D eigenvalue weighted by molar-refractivity contribution is 6.15. The molecule has 0 fully saturated rings. The Hall–Kier alpha value is -3.99. The van der Waals surface area contributed by atoms with Gasteiger partial charge in [0.15, 0.2) is 5.76 Å². The summed E-state index contributed by atoms with van der Waals surface area (Å²) in [7, 11) is 1.64. The molecule has 1 aromatic heterocycles. The summed E-state index contributed by atoms with van der Waals surface area (Å²) >= 11 is 0. The van der Waals surface area contributed by atoms with Crippen molar-refractivity contribution in [3.05, 3.63) is 95.4 Å². The zero-order chi connectivity index (χ0) is 22.1. The van der Waals surface area contributed by atoms with Crippen LogP contribution in [-0.4, -0.2) is 17.5 Å². The second kappa shape index (κ2) is 8.27. The van der Waals surface area contributed by atoms with Crippen LogP contribution in [0, 0.1) is 0 Å². The number of rotatable bonds is 6. The highest BCUT2D eigenvalue weighted by Gasteiger charge is 2.28. The molecule has 32 heavy (non-hydrogen) atoms. The molecular formula is C27H23NO4. The molecule has 0 aliphatic carbocycles. The standard InChI is InChI=1S/C27H23NO4/c1-3-28-16-19(21-9-5-6-10-23(21)28)14-26-27(29)22-13-12-20(15-25(22)32-26)31-17-18-8-4-7-11-24(18)30-2/h4-16H,3,17H2,1-2H3. The van der Waals surface area contributed by atoms with Gasteiger partial charge in [-0.15, -0.1) is 0 Å². The molecule has 3 aromatic carbocycles. The van der Waals surface area contributed by atoms with Crippen LogP contribution in [-0.2, 0) is 13.2 Å². The number of hydrogen-bond acceptors (Lipinski definition) is 4. The molecule has 2 heterocycles. The van der Waals surface area contributed by atoms with Gasteiger partial charge in [0.05, 0.1) is 12.7 Å². The fourth-order valence-corrected chi connectivity index (χ4v) is 4.03. The van der Waals surface area contributed by atoms with Crippen molar-refractivity contribution in [1.82, 2.24) is 4.57 Å². The molecule has 1 aliphatic rings. The number of carbonyl (C=O) groups is 1. The summed E-state index contributed by atoms with van der Waals surface area (Å²) < 4.78 is 19.4. The van der Waals surface area contributed by atoms with Crippen LogP contribution in [0.1, 0.15) is 28.4 Å². The molecule has 0 N–H and O–H groups in total. The van der Waals surface area contributed by atoms with Crippen molar-refractivity contribution < 1.29 is 19.0 Å². The summed E-state index contributed by atoms with van der Waals surface area (Å²) in [6.07, 6.45) is 3.88. The maximum Gasteiger partial charge on any atom is 0.231 e. The van der Waals surface area contributed by atoms with Gasteiger partial charge in [0.1, 0.15) is 23.9 Å². The molecule has 5 heteroatoms. The minimum absolute atomic E-state index is 0.121. The van der Waals surface area contributed by atoms with Gasteiger partial charge in [-0.25, -0.2) is 0 Å². The Morgan fingerprint density at radius 3 is 2.69 bits per heavy atom. The number of aryl methyl sites for hydroxylation is 1. The molecule has 0 amide bonds. The summed E-state index contributed by atoms with van der Waals surface area (Å²) in [5, 5.41) is 1.09. The van der Waals surface area contributed by atoms with E-state index in [1.54, 1.807) is 25.3 Å². The zero-order valence-corrected chi connectivity index (χ0v) is 18.0. The van der Waals surface area contributed by atoms with Crippen LogP contribution in [0.2, 0.25) is 0 Å². The Labute approximate surface area is 186 Å². The molecule has 1 aliphatic heterocycles. The van der Waals surface area contributed by atoms with E-state index in [-0.39, 0.29) is 5.78 Å². The van der Waals surface area contributed by atoms with Gasteiger partial charge in [-0.3, -0.25) is 4.79 Å². The van der Waals surface area contributed by atoms with E-state index in [1.165, 1.54) is 0 Å². The fraction of sp³-hybridized carbons (Fsp3) is 0.148. The van der Waals surface area contributed by atoms with Crippen molar-refractivity contribution in [3.63, 3.8) is 0 Å². The van der Waals surface area contributed by atoms with Crippen LogP contribution in [0.25, 0.3) is 17.0 Å². The van der Waals surface area contributed by atoms with Gasteiger partial charge < -0.3 is 18.8 Å². The first kappa shape index (κ1) is 19.9. The molecule has 5 rings (SSSR count). The normalized spacial score (nSPS) is 13.9. The number of hydrogen-bond donors (Lipinski definition) is 0. The Morgan fingerprint density at radius 2 is 1.84 bits per heavy atom. The van der Waals surface area contributed by atoms with E-state index in [1.807, 2.05) is 42.5 Å². The molecule has 0 bridgehead atoms. The number of methoxy groups -OCH3 is 1. The lowest BCUT2D eigenvalue weighted by Crippen LogP contribution is -1.99. The first-order valence-corrected chi connectivity index (χ1v) is 10.6. The highest BCUT2D eigenvalue weighted by Crippen LogP contribution is 2.36. The van der Waals surface area contributed by atoms with Crippen molar-refractivity contribution in [3.8, 4) is 17.2 Å². The van der Waals surface area contributed by atoms with Crippen LogP contribution >= 0.6 is 0 Å². The quantitative estimate of drug-likeness (QED) is 0.363. The monoisotopic (exact) mass is 425 g/mol. The molecule has 0 unspecified atom stereocenters. The smallest absolute Gasteiger partial charge is 0.231 e. The molecule has 160 valence electrons. The number of ether oxygens (including phenoxy) is 3. The summed E-state index contributed by atoms with van der Waals surface area (Å²) in [5.74, 6) is 2.12. The molecule has 0 radical (unpaired) electrons. The molecular weight excluding hydrogens is 402 g/mol. The van der Waals surface area contributed by atoms with Crippen molar-refractivity contribution in [1.29, 1.82) is 0 Å². The minimum atomic E-state index is -0.121. The van der Waals surface area contributed by atoms with Gasteiger partial charge in [-0.05, 0) is 37.3 Å². The maximum atomic E-state index is 12.9. The Kier molecular flexibility index (Phi) is 5.15. The number of Topliss-reactive ketones (excluding diaryl/α,β-unsaturated/α-hetero) is 1. The van der Waals surface area contributed by atoms with E-state index < -0.39 is 0 Å². The lowest BCUT2D eigenvalue weighted by atomic mass is 10.1. The van der Waals surface area contributed by atoms with Gasteiger partial charge in [0, 0.05) is 40.8 Å². The number of para-hydroxylation sites is 2. The lowest BCUT2D eigenvalue weighted by molar-refractivity contribution is 0.101. The van der Waals surface area contributed by atoms with Crippen LogP contribution in [0.15, 0.2) is 78.7 Å². The Bertz CT molecular complexity index is 1350. The molecule has 0 saturated carbocycles. The van der Waals surface area contributed by atoms with Crippen LogP contribution in [0.4, 0.5) is 0 Å². The lowest BCUT2D eigenvalue weighted by Gasteiger charge is -2.10. The van der Waals surface area contributed by atoms with Gasteiger partial charge in [-0.1, -0.05) is 36.4 Å². The number of nitrogens with zero attached hydrogens (tertiary/aromatic N) is 1. The van der Waals surface area contributed by atoms with Crippen molar-refractivity contribution in [2.24, 2.45) is 0 Å². The van der Waals surface area contributed by atoms with Crippen LogP contribution < -0.4 is 14.2 Å². The Balaban J connectivity index is 1.40. The number of ketones is 1. The van der Waals surface area contributed by atoms with Gasteiger partial charge >= 0.3 is 0 Å². The van der Waals surface area contributed by atoms with E-state index in [2.05, 4.69) is 29.8 Å². The number of aromatic nitrogens is 1. The fourth-order valence-electron chi connectivity index (χ4n) is 4.03. The zero-order valence-electron chi connectivity index (χ0n) is 18.0. The molecule has 0 saturated heterocycles. The molecule has 5 nitrogen and oxygen atoms in total. The third kappa shape index (κ3) is 3.52. The van der Waals surface area contributed by atoms with Crippen molar-refractivity contribution >= 4 is 22.8 Å². The third-order valence-corrected chi connectivity index (χ3v) is 5.67. The van der Waals surface area contributed by atoms with Crippen LogP contribution in [0.3, 0.4) is 0 Å². The molecule has 0 atom stereocenters. The first-order valence-electron chi connectivity index (χ1n) is 10.6. The van der Waals surface area contributed by atoms with E-state index in [0.29, 0.717) is 29.4 Å². The number of allylic oxidation sites excluding steroid dienone is 1.